The van der Waals surface area contributed by atoms with Crippen molar-refractivity contribution in [2.24, 2.45) is 0 Å². The van der Waals surface area contributed by atoms with Gasteiger partial charge in [0.2, 0.25) is 0 Å². The molecule has 1 unspecified atom stereocenters. The zero-order chi connectivity index (χ0) is 16.1. The molecule has 0 N–H and O–H groups in total. The summed E-state index contributed by atoms with van der Waals surface area (Å²) in [7, 11) is 0. The first-order valence-electron chi connectivity index (χ1n) is 8.05. The van der Waals surface area contributed by atoms with Crippen molar-refractivity contribution in [1.29, 1.82) is 0 Å². The van der Waals surface area contributed by atoms with Crippen molar-refractivity contribution in [2.45, 2.75) is 32.6 Å². The minimum atomic E-state index is -0.212. The van der Waals surface area contributed by atoms with E-state index in [1.807, 2.05) is 19.1 Å². The van der Waals surface area contributed by atoms with E-state index in [-0.39, 0.29) is 17.5 Å². The molecule has 2 aromatic carbocycles. The van der Waals surface area contributed by atoms with E-state index >= 15 is 0 Å². The number of hydrogen-bond donors (Lipinski definition) is 0. The third kappa shape index (κ3) is 2.02. The average Bonchev–Trinajstić information content (AvgIpc) is 2.56. The predicted octanol–water partition coefficient (Wildman–Crippen LogP) is 2.13. The van der Waals surface area contributed by atoms with E-state index in [0.29, 0.717) is 6.42 Å². The maximum absolute atomic E-state index is 12.3. The largest absolute Gasteiger partial charge is 0.299 e. The summed E-state index contributed by atoms with van der Waals surface area (Å²) in [5.74, 6) is 0.163. The maximum Gasteiger partial charge on any atom is 0.159 e. The summed E-state index contributed by atoms with van der Waals surface area (Å²) >= 11 is 0. The van der Waals surface area contributed by atoms with Gasteiger partial charge in [0.1, 0.15) is 5.78 Å². The highest BCUT2D eigenvalue weighted by Gasteiger charge is 2.25. The molecule has 2 aromatic rings. The molecular weight excluding hydrogens is 284 g/mol. The van der Waals surface area contributed by atoms with Crippen LogP contribution >= 0.6 is 0 Å². The van der Waals surface area contributed by atoms with E-state index < -0.39 is 0 Å². The maximum atomic E-state index is 12.3. The smallest absolute Gasteiger partial charge is 0.159 e. The lowest BCUT2D eigenvalue weighted by molar-refractivity contribution is -0.117. The molecule has 2 heteroatoms. The molecule has 0 spiro atoms. The van der Waals surface area contributed by atoms with Gasteiger partial charge in [-0.1, -0.05) is 42.5 Å². The molecular formula is C21H18O2. The number of carbonyl (C=O) groups excluding carboxylic acids is 2. The van der Waals surface area contributed by atoms with Gasteiger partial charge >= 0.3 is 0 Å². The first-order chi connectivity index (χ1) is 11.1. The fourth-order valence-electron chi connectivity index (χ4n) is 3.92. The molecule has 23 heavy (non-hydrogen) atoms. The number of fused-ring (bicyclic) bond motifs is 4. The Bertz CT molecular complexity index is 1070. The quantitative estimate of drug-likeness (QED) is 0.809. The van der Waals surface area contributed by atoms with Crippen LogP contribution in [-0.2, 0) is 16.0 Å². The first kappa shape index (κ1) is 14.1. The molecule has 2 aliphatic carbocycles. The summed E-state index contributed by atoms with van der Waals surface area (Å²) in [4.78, 5) is 24.3. The fraction of sp³-hybridized carbons (Fsp3) is 0.238. The van der Waals surface area contributed by atoms with Gasteiger partial charge in [-0.15, -0.1) is 0 Å². The second-order valence-electron chi connectivity index (χ2n) is 6.44. The van der Waals surface area contributed by atoms with E-state index in [4.69, 9.17) is 0 Å². The number of benzene rings is 2. The predicted molar refractivity (Wildman–Crippen MR) is 90.1 cm³/mol. The molecule has 0 radical (unpaired) electrons. The summed E-state index contributed by atoms with van der Waals surface area (Å²) in [5, 5.41) is 4.47. The van der Waals surface area contributed by atoms with Crippen LogP contribution < -0.4 is 10.4 Å². The van der Waals surface area contributed by atoms with E-state index in [1.54, 1.807) is 6.92 Å². The van der Waals surface area contributed by atoms with Gasteiger partial charge in [-0.05, 0) is 57.8 Å². The zero-order valence-electron chi connectivity index (χ0n) is 13.3. The third-order valence-corrected chi connectivity index (χ3v) is 5.13. The van der Waals surface area contributed by atoms with Crippen LogP contribution in [0.5, 0.6) is 0 Å². The Kier molecular flexibility index (Phi) is 3.08. The van der Waals surface area contributed by atoms with Gasteiger partial charge < -0.3 is 0 Å². The molecule has 0 saturated carbocycles. The second-order valence-corrected chi connectivity index (χ2v) is 6.44. The molecule has 4 rings (SSSR count). The molecule has 0 fully saturated rings. The lowest BCUT2D eigenvalue weighted by Gasteiger charge is -2.23. The highest BCUT2D eigenvalue weighted by atomic mass is 16.1. The van der Waals surface area contributed by atoms with Crippen molar-refractivity contribution in [3.8, 4) is 0 Å². The van der Waals surface area contributed by atoms with Gasteiger partial charge in [-0.2, -0.15) is 0 Å². The van der Waals surface area contributed by atoms with Crippen LogP contribution in [0, 0.1) is 10.4 Å². The second kappa shape index (κ2) is 5.02. The number of Topliss-reactive ketones (excluding diaryl/α,β-unsaturated/α-hetero) is 2. The van der Waals surface area contributed by atoms with E-state index in [9.17, 15) is 9.59 Å². The summed E-state index contributed by atoms with van der Waals surface area (Å²) < 4.78 is 0. The molecule has 0 heterocycles. The molecule has 2 aliphatic rings. The van der Waals surface area contributed by atoms with Crippen LogP contribution in [-0.4, -0.2) is 11.6 Å². The topological polar surface area (TPSA) is 34.1 Å². The summed E-state index contributed by atoms with van der Waals surface area (Å²) in [6.45, 7) is 3.55. The SMILES string of the molecule is CC(=O)C1C=c2ccccc2=c2ccc3c(c21)CCC(=O)C=3C. The molecule has 0 amide bonds. The normalized spacial score (nSPS) is 18.6. The van der Waals surface area contributed by atoms with E-state index in [0.717, 1.165) is 33.2 Å². The zero-order valence-corrected chi connectivity index (χ0v) is 13.3. The Morgan fingerprint density at radius 1 is 1.00 bits per heavy atom. The molecule has 0 aliphatic heterocycles. The Hall–Kier alpha value is -2.48. The number of rotatable bonds is 1. The van der Waals surface area contributed by atoms with Gasteiger partial charge in [-0.25, -0.2) is 0 Å². The number of hydrogen-bond acceptors (Lipinski definition) is 2. The van der Waals surface area contributed by atoms with Crippen LogP contribution in [0.2, 0.25) is 0 Å². The molecule has 0 saturated heterocycles. The van der Waals surface area contributed by atoms with Crippen molar-refractivity contribution in [2.75, 3.05) is 0 Å². The van der Waals surface area contributed by atoms with Crippen LogP contribution in [0.1, 0.15) is 37.3 Å². The monoisotopic (exact) mass is 302 g/mol. The molecule has 0 aromatic heterocycles. The van der Waals surface area contributed by atoms with E-state index in [1.165, 1.54) is 10.8 Å². The Balaban J connectivity index is 2.26. The number of ketones is 2. The Morgan fingerprint density at radius 2 is 1.74 bits per heavy atom. The van der Waals surface area contributed by atoms with Gasteiger partial charge in [0.15, 0.2) is 5.78 Å². The Morgan fingerprint density at radius 3 is 2.52 bits per heavy atom. The molecule has 114 valence electrons. The minimum absolute atomic E-state index is 0.156. The fourth-order valence-corrected chi connectivity index (χ4v) is 3.92. The molecule has 2 nitrogen and oxygen atoms in total. The third-order valence-electron chi connectivity index (χ3n) is 5.13. The van der Waals surface area contributed by atoms with Crippen molar-refractivity contribution in [3.05, 3.63) is 68.4 Å². The Labute approximate surface area is 134 Å². The van der Waals surface area contributed by atoms with Crippen LogP contribution in [0.15, 0.2) is 36.4 Å². The van der Waals surface area contributed by atoms with Gasteiger partial charge in [-0.3, -0.25) is 9.59 Å². The number of carbonyl (C=O) groups is 2. The standard InChI is InChI=1S/C21H18O2/c1-12-15-7-8-18-16-6-4-3-5-14(16)11-19(13(2)22)21(18)17(15)9-10-20(12)23/h3-8,11,19H,9-10H2,1-2H3. The van der Waals surface area contributed by atoms with Gasteiger partial charge in [0.25, 0.3) is 0 Å². The van der Waals surface area contributed by atoms with Crippen molar-refractivity contribution in [3.63, 3.8) is 0 Å². The highest BCUT2D eigenvalue weighted by Crippen LogP contribution is 2.27. The van der Waals surface area contributed by atoms with Crippen molar-refractivity contribution < 1.29 is 9.59 Å². The molecule has 1 atom stereocenters. The lowest BCUT2D eigenvalue weighted by Crippen LogP contribution is -2.28. The van der Waals surface area contributed by atoms with E-state index in [2.05, 4.69) is 30.3 Å². The van der Waals surface area contributed by atoms with Crippen LogP contribution in [0.25, 0.3) is 11.6 Å². The van der Waals surface area contributed by atoms with Crippen LogP contribution in [0.4, 0.5) is 0 Å². The average molecular weight is 302 g/mol. The first-order valence-corrected chi connectivity index (χ1v) is 8.05. The minimum Gasteiger partial charge on any atom is -0.299 e. The van der Waals surface area contributed by atoms with Gasteiger partial charge in [0, 0.05) is 6.42 Å². The van der Waals surface area contributed by atoms with Gasteiger partial charge in [0.05, 0.1) is 5.92 Å². The van der Waals surface area contributed by atoms with Crippen molar-refractivity contribution in [1.82, 2.24) is 0 Å². The highest BCUT2D eigenvalue weighted by molar-refractivity contribution is 6.15. The summed E-state index contributed by atoms with van der Waals surface area (Å²) in [6, 6.07) is 12.3. The summed E-state index contributed by atoms with van der Waals surface area (Å²) in [5.41, 5.74) is 3.13. The van der Waals surface area contributed by atoms with Crippen molar-refractivity contribution >= 4 is 23.2 Å². The van der Waals surface area contributed by atoms with Crippen LogP contribution in [0.3, 0.4) is 0 Å². The lowest BCUT2D eigenvalue weighted by atomic mass is 9.80. The summed E-state index contributed by atoms with van der Waals surface area (Å²) in [6.07, 6.45) is 3.35. The molecule has 0 bridgehead atoms.